The maximum absolute atomic E-state index is 5.06. The highest BCUT2D eigenvalue weighted by Gasteiger charge is 2.38. The third-order valence-corrected chi connectivity index (χ3v) is 5.42. The van der Waals surface area contributed by atoms with E-state index in [1.165, 1.54) is 63.6 Å². The molecule has 1 saturated heterocycles. The van der Waals surface area contributed by atoms with Crippen molar-refractivity contribution in [1.29, 1.82) is 0 Å². The van der Waals surface area contributed by atoms with Crippen LogP contribution in [0.2, 0.25) is 0 Å². The Morgan fingerprint density at radius 3 is 2.71 bits per heavy atom. The molecule has 3 rings (SSSR count). The quantitative estimate of drug-likeness (QED) is 0.925. The van der Waals surface area contributed by atoms with Gasteiger partial charge in [-0.25, -0.2) is 4.98 Å². The van der Waals surface area contributed by atoms with Crippen LogP contribution in [0.5, 0.6) is 0 Å². The van der Waals surface area contributed by atoms with E-state index >= 15 is 0 Å². The molecule has 1 atom stereocenters. The monoisotopic (exact) mass is 290 g/mol. The van der Waals surface area contributed by atoms with Crippen molar-refractivity contribution in [3.63, 3.8) is 0 Å². The third kappa shape index (κ3) is 3.01. The molecule has 2 fully saturated rings. The fourth-order valence-electron chi connectivity index (χ4n) is 4.36. The SMILES string of the molecule is CCCC1(c2nc(C3CCCCC3)nn2C)CCCNC1. The summed E-state index contributed by atoms with van der Waals surface area (Å²) in [6.07, 6.45) is 11.6. The number of piperidine rings is 1. The highest BCUT2D eigenvalue weighted by atomic mass is 15.3. The average Bonchev–Trinajstić information content (AvgIpc) is 2.92. The molecule has 4 heteroatoms. The minimum absolute atomic E-state index is 0.210. The highest BCUT2D eigenvalue weighted by Crippen LogP contribution is 2.37. The predicted octanol–water partition coefficient (Wildman–Crippen LogP) is 3.28. The maximum atomic E-state index is 5.06. The Morgan fingerprint density at radius 2 is 2.05 bits per heavy atom. The first-order valence-electron chi connectivity index (χ1n) is 8.87. The average molecular weight is 290 g/mol. The number of aromatic nitrogens is 3. The van der Waals surface area contributed by atoms with Gasteiger partial charge in [0.2, 0.25) is 0 Å². The molecule has 1 aromatic heterocycles. The van der Waals surface area contributed by atoms with Crippen LogP contribution in [0.3, 0.4) is 0 Å². The molecule has 4 nitrogen and oxygen atoms in total. The maximum Gasteiger partial charge on any atom is 0.154 e. The molecule has 1 saturated carbocycles. The summed E-state index contributed by atoms with van der Waals surface area (Å²) in [6.45, 7) is 4.51. The molecule has 0 amide bonds. The van der Waals surface area contributed by atoms with Crippen molar-refractivity contribution < 1.29 is 0 Å². The molecule has 1 aromatic rings. The van der Waals surface area contributed by atoms with E-state index in [2.05, 4.69) is 24.0 Å². The summed E-state index contributed by atoms with van der Waals surface area (Å²) in [5, 5.41) is 8.41. The van der Waals surface area contributed by atoms with Gasteiger partial charge in [0.05, 0.1) is 0 Å². The molecule has 0 spiro atoms. The van der Waals surface area contributed by atoms with Crippen molar-refractivity contribution >= 4 is 0 Å². The van der Waals surface area contributed by atoms with Gasteiger partial charge in [-0.05, 0) is 38.6 Å². The van der Waals surface area contributed by atoms with Crippen LogP contribution in [0.25, 0.3) is 0 Å². The number of aryl methyl sites for hydroxylation is 1. The minimum Gasteiger partial charge on any atom is -0.316 e. The Kier molecular flexibility index (Phi) is 4.63. The second-order valence-electron chi connectivity index (χ2n) is 7.06. The van der Waals surface area contributed by atoms with E-state index in [9.17, 15) is 0 Å². The van der Waals surface area contributed by atoms with Gasteiger partial charge in [0.15, 0.2) is 5.82 Å². The summed E-state index contributed by atoms with van der Waals surface area (Å²) in [7, 11) is 2.10. The van der Waals surface area contributed by atoms with Gasteiger partial charge in [0, 0.05) is 24.9 Å². The Morgan fingerprint density at radius 1 is 1.24 bits per heavy atom. The summed E-state index contributed by atoms with van der Waals surface area (Å²) >= 11 is 0. The van der Waals surface area contributed by atoms with E-state index in [0.717, 1.165) is 18.9 Å². The fraction of sp³-hybridized carbons (Fsp3) is 0.882. The lowest BCUT2D eigenvalue weighted by atomic mass is 9.76. The van der Waals surface area contributed by atoms with E-state index < -0.39 is 0 Å². The second-order valence-corrected chi connectivity index (χ2v) is 7.06. The molecule has 1 aliphatic carbocycles. The van der Waals surface area contributed by atoms with E-state index in [-0.39, 0.29) is 5.41 Å². The van der Waals surface area contributed by atoms with Crippen LogP contribution in [-0.4, -0.2) is 27.9 Å². The van der Waals surface area contributed by atoms with E-state index in [1.54, 1.807) is 0 Å². The third-order valence-electron chi connectivity index (χ3n) is 5.42. The Balaban J connectivity index is 1.87. The molecular formula is C17H30N4. The molecule has 0 radical (unpaired) electrons. The highest BCUT2D eigenvalue weighted by molar-refractivity contribution is 5.14. The van der Waals surface area contributed by atoms with Crippen LogP contribution in [0.1, 0.15) is 82.3 Å². The zero-order chi connectivity index (χ0) is 14.7. The Bertz CT molecular complexity index is 448. The van der Waals surface area contributed by atoms with Crippen LogP contribution >= 0.6 is 0 Å². The summed E-state index contributed by atoms with van der Waals surface area (Å²) in [5.41, 5.74) is 0.210. The van der Waals surface area contributed by atoms with Gasteiger partial charge in [0.1, 0.15) is 5.82 Å². The van der Waals surface area contributed by atoms with Crippen molar-refractivity contribution in [3.05, 3.63) is 11.6 Å². The lowest BCUT2D eigenvalue weighted by molar-refractivity contribution is 0.267. The number of nitrogens with one attached hydrogen (secondary N) is 1. The van der Waals surface area contributed by atoms with Gasteiger partial charge in [-0.3, -0.25) is 4.68 Å². The van der Waals surface area contributed by atoms with Gasteiger partial charge in [-0.2, -0.15) is 5.10 Å². The normalized spacial score (nSPS) is 27.9. The molecule has 118 valence electrons. The summed E-state index contributed by atoms with van der Waals surface area (Å²) in [6, 6.07) is 0. The van der Waals surface area contributed by atoms with E-state index in [1.807, 2.05) is 0 Å². The smallest absolute Gasteiger partial charge is 0.154 e. The van der Waals surface area contributed by atoms with Crippen LogP contribution in [0.15, 0.2) is 0 Å². The number of hydrogen-bond donors (Lipinski definition) is 1. The minimum atomic E-state index is 0.210. The predicted molar refractivity (Wildman–Crippen MR) is 85.5 cm³/mol. The van der Waals surface area contributed by atoms with Crippen LogP contribution in [-0.2, 0) is 12.5 Å². The molecular weight excluding hydrogens is 260 g/mol. The zero-order valence-electron chi connectivity index (χ0n) is 13.7. The largest absolute Gasteiger partial charge is 0.316 e. The van der Waals surface area contributed by atoms with Gasteiger partial charge >= 0.3 is 0 Å². The first-order valence-corrected chi connectivity index (χ1v) is 8.87. The summed E-state index contributed by atoms with van der Waals surface area (Å²) in [5.74, 6) is 2.96. The van der Waals surface area contributed by atoms with Crippen molar-refractivity contribution in [1.82, 2.24) is 20.1 Å². The molecule has 21 heavy (non-hydrogen) atoms. The van der Waals surface area contributed by atoms with Crippen molar-refractivity contribution in [2.24, 2.45) is 7.05 Å². The lowest BCUT2D eigenvalue weighted by Crippen LogP contribution is -2.45. The number of hydrogen-bond acceptors (Lipinski definition) is 3. The topological polar surface area (TPSA) is 42.7 Å². The van der Waals surface area contributed by atoms with Crippen molar-refractivity contribution in [2.45, 2.75) is 76.0 Å². The van der Waals surface area contributed by atoms with E-state index in [4.69, 9.17) is 10.1 Å². The van der Waals surface area contributed by atoms with Gasteiger partial charge < -0.3 is 5.32 Å². The molecule has 2 heterocycles. The van der Waals surface area contributed by atoms with Crippen LogP contribution in [0, 0.1) is 0 Å². The van der Waals surface area contributed by atoms with Crippen molar-refractivity contribution in [3.8, 4) is 0 Å². The molecule has 1 unspecified atom stereocenters. The number of rotatable bonds is 4. The lowest BCUT2D eigenvalue weighted by Gasteiger charge is -2.36. The molecule has 0 bridgehead atoms. The summed E-state index contributed by atoms with van der Waals surface area (Å²) < 4.78 is 2.09. The zero-order valence-corrected chi connectivity index (χ0v) is 13.7. The van der Waals surface area contributed by atoms with Crippen LogP contribution < -0.4 is 5.32 Å². The van der Waals surface area contributed by atoms with E-state index in [0.29, 0.717) is 5.92 Å². The first kappa shape index (κ1) is 15.0. The van der Waals surface area contributed by atoms with Crippen LogP contribution in [0.4, 0.5) is 0 Å². The van der Waals surface area contributed by atoms with Gasteiger partial charge in [-0.1, -0.05) is 32.6 Å². The Hall–Kier alpha value is -0.900. The molecule has 0 aromatic carbocycles. The molecule has 1 aliphatic heterocycles. The fourth-order valence-corrected chi connectivity index (χ4v) is 4.36. The first-order chi connectivity index (χ1) is 10.2. The van der Waals surface area contributed by atoms with Gasteiger partial charge in [0.25, 0.3) is 0 Å². The van der Waals surface area contributed by atoms with Crippen molar-refractivity contribution in [2.75, 3.05) is 13.1 Å². The second kappa shape index (κ2) is 6.47. The number of nitrogens with zero attached hydrogens (tertiary/aromatic N) is 3. The van der Waals surface area contributed by atoms with Gasteiger partial charge in [-0.15, -0.1) is 0 Å². The molecule has 2 aliphatic rings. The standard InChI is InChI=1S/C17H30N4/c1-3-10-17(11-7-12-18-13-17)16-19-15(20-21(16)2)14-8-5-4-6-9-14/h14,18H,3-13H2,1-2H3. The Labute approximate surface area is 128 Å². The summed E-state index contributed by atoms with van der Waals surface area (Å²) in [4.78, 5) is 5.06. The molecule has 1 N–H and O–H groups in total.